The summed E-state index contributed by atoms with van der Waals surface area (Å²) in [4.78, 5) is 2.40. The van der Waals surface area contributed by atoms with E-state index in [0.717, 1.165) is 32.1 Å². The van der Waals surface area contributed by atoms with Crippen molar-refractivity contribution < 1.29 is 5.11 Å². The maximum atomic E-state index is 9.06. The highest BCUT2D eigenvalue weighted by Crippen LogP contribution is 2.20. The molecule has 2 atom stereocenters. The Hall–Kier alpha value is -0.120. The lowest BCUT2D eigenvalue weighted by Crippen LogP contribution is -2.51. The maximum absolute atomic E-state index is 9.06. The fourth-order valence-corrected chi connectivity index (χ4v) is 2.52. The molecule has 1 saturated heterocycles. The van der Waals surface area contributed by atoms with Crippen LogP contribution in [0.4, 0.5) is 0 Å². The Kier molecular flexibility index (Phi) is 5.90. The number of piperidine rings is 1. The van der Waals surface area contributed by atoms with Gasteiger partial charge in [0.15, 0.2) is 0 Å². The summed E-state index contributed by atoms with van der Waals surface area (Å²) in [7, 11) is 0. The number of nitrogens with zero attached hydrogens (tertiary/aromatic N) is 1. The monoisotopic (exact) mass is 242 g/mol. The molecule has 1 aliphatic heterocycles. The molecule has 17 heavy (non-hydrogen) atoms. The minimum Gasteiger partial charge on any atom is -0.395 e. The zero-order valence-electron chi connectivity index (χ0n) is 12.0. The standard InChI is InChI=1S/C14H30N2O/c1-5-12-8-13(15-11-14(2,3)4)10-16(9-12)6-7-17/h12-13,15,17H,5-11H2,1-4H3. The first-order valence-electron chi connectivity index (χ1n) is 7.01. The normalized spacial score (nSPS) is 27.4. The van der Waals surface area contributed by atoms with E-state index in [1.54, 1.807) is 0 Å². The van der Waals surface area contributed by atoms with Crippen LogP contribution in [0.15, 0.2) is 0 Å². The number of β-amino-alcohol motifs (C(OH)–C–C–N with tert-alkyl or cyclic N) is 1. The van der Waals surface area contributed by atoms with Crippen molar-refractivity contribution in [2.24, 2.45) is 11.3 Å². The number of nitrogens with one attached hydrogen (secondary N) is 1. The molecule has 0 aromatic rings. The van der Waals surface area contributed by atoms with E-state index in [4.69, 9.17) is 5.11 Å². The average Bonchev–Trinajstić information content (AvgIpc) is 2.25. The van der Waals surface area contributed by atoms with Gasteiger partial charge in [-0.1, -0.05) is 34.1 Å². The van der Waals surface area contributed by atoms with Gasteiger partial charge in [-0.25, -0.2) is 0 Å². The third-order valence-corrected chi connectivity index (χ3v) is 3.53. The summed E-state index contributed by atoms with van der Waals surface area (Å²) < 4.78 is 0. The van der Waals surface area contributed by atoms with Crippen LogP contribution in [0.25, 0.3) is 0 Å². The van der Waals surface area contributed by atoms with Gasteiger partial charge in [-0.2, -0.15) is 0 Å². The number of hydrogen-bond acceptors (Lipinski definition) is 3. The lowest BCUT2D eigenvalue weighted by Gasteiger charge is -2.38. The summed E-state index contributed by atoms with van der Waals surface area (Å²) in [5.41, 5.74) is 0.348. The van der Waals surface area contributed by atoms with Crippen molar-refractivity contribution >= 4 is 0 Å². The van der Waals surface area contributed by atoms with Gasteiger partial charge in [0.05, 0.1) is 6.61 Å². The van der Waals surface area contributed by atoms with Crippen LogP contribution in [0.3, 0.4) is 0 Å². The Bertz CT molecular complexity index is 213. The van der Waals surface area contributed by atoms with Crippen molar-refractivity contribution in [3.63, 3.8) is 0 Å². The number of likely N-dealkylation sites (tertiary alicyclic amines) is 1. The number of hydrogen-bond donors (Lipinski definition) is 2. The Balaban J connectivity index is 2.42. The molecule has 0 aliphatic carbocycles. The Labute approximate surface area is 107 Å². The van der Waals surface area contributed by atoms with Crippen molar-refractivity contribution in [2.75, 3.05) is 32.8 Å². The van der Waals surface area contributed by atoms with Crippen LogP contribution >= 0.6 is 0 Å². The van der Waals surface area contributed by atoms with Crippen molar-refractivity contribution in [3.8, 4) is 0 Å². The van der Waals surface area contributed by atoms with Gasteiger partial charge in [-0.15, -0.1) is 0 Å². The molecular formula is C14H30N2O. The highest BCUT2D eigenvalue weighted by atomic mass is 16.3. The molecule has 1 fully saturated rings. The zero-order valence-corrected chi connectivity index (χ0v) is 12.0. The van der Waals surface area contributed by atoms with Crippen LogP contribution in [0.2, 0.25) is 0 Å². The smallest absolute Gasteiger partial charge is 0.0558 e. The molecule has 2 unspecified atom stereocenters. The second-order valence-corrected chi connectivity index (χ2v) is 6.63. The quantitative estimate of drug-likeness (QED) is 0.770. The van der Waals surface area contributed by atoms with Crippen molar-refractivity contribution in [1.82, 2.24) is 10.2 Å². The third-order valence-electron chi connectivity index (χ3n) is 3.53. The van der Waals surface area contributed by atoms with Crippen LogP contribution in [-0.2, 0) is 0 Å². The van der Waals surface area contributed by atoms with E-state index in [1.807, 2.05) is 0 Å². The molecule has 0 bridgehead atoms. The van der Waals surface area contributed by atoms with Crippen molar-refractivity contribution in [3.05, 3.63) is 0 Å². The van der Waals surface area contributed by atoms with Gasteiger partial charge in [0.1, 0.15) is 0 Å². The first kappa shape index (κ1) is 14.9. The first-order chi connectivity index (χ1) is 7.94. The van der Waals surface area contributed by atoms with Crippen LogP contribution in [0.1, 0.15) is 40.5 Å². The second-order valence-electron chi connectivity index (χ2n) is 6.63. The van der Waals surface area contributed by atoms with E-state index in [9.17, 15) is 0 Å². The summed E-state index contributed by atoms with van der Waals surface area (Å²) in [5, 5.41) is 12.8. The second kappa shape index (κ2) is 6.72. The van der Waals surface area contributed by atoms with E-state index in [2.05, 4.69) is 37.9 Å². The van der Waals surface area contributed by atoms with E-state index in [1.165, 1.54) is 12.8 Å². The maximum Gasteiger partial charge on any atom is 0.0558 e. The van der Waals surface area contributed by atoms with Crippen LogP contribution in [-0.4, -0.2) is 48.8 Å². The molecule has 0 aromatic heterocycles. The lowest BCUT2D eigenvalue weighted by molar-refractivity contribution is 0.110. The Morgan fingerprint density at radius 3 is 2.53 bits per heavy atom. The molecule has 1 heterocycles. The summed E-state index contributed by atoms with van der Waals surface area (Å²) >= 11 is 0. The highest BCUT2D eigenvalue weighted by Gasteiger charge is 2.26. The molecular weight excluding hydrogens is 212 g/mol. The molecule has 3 heteroatoms. The highest BCUT2D eigenvalue weighted by molar-refractivity contribution is 4.84. The SMILES string of the molecule is CCC1CC(NCC(C)(C)C)CN(CCO)C1. The van der Waals surface area contributed by atoms with Gasteiger partial charge >= 0.3 is 0 Å². The Morgan fingerprint density at radius 2 is 2.00 bits per heavy atom. The van der Waals surface area contributed by atoms with E-state index < -0.39 is 0 Å². The fraction of sp³-hybridized carbons (Fsp3) is 1.00. The zero-order chi connectivity index (χ0) is 12.9. The summed E-state index contributed by atoms with van der Waals surface area (Å²) in [6, 6.07) is 0.597. The Morgan fingerprint density at radius 1 is 1.29 bits per heavy atom. The van der Waals surface area contributed by atoms with E-state index in [-0.39, 0.29) is 6.61 Å². The van der Waals surface area contributed by atoms with Gasteiger partial charge in [-0.05, 0) is 17.8 Å². The topological polar surface area (TPSA) is 35.5 Å². The lowest BCUT2D eigenvalue weighted by atomic mass is 9.90. The fourth-order valence-electron chi connectivity index (χ4n) is 2.52. The first-order valence-corrected chi connectivity index (χ1v) is 7.01. The molecule has 0 radical (unpaired) electrons. The molecule has 0 saturated carbocycles. The minimum absolute atomic E-state index is 0.280. The predicted octanol–water partition coefficient (Wildman–Crippen LogP) is 1.71. The van der Waals surface area contributed by atoms with Crippen LogP contribution < -0.4 is 5.32 Å². The molecule has 3 nitrogen and oxygen atoms in total. The molecule has 1 aliphatic rings. The van der Waals surface area contributed by atoms with Gasteiger partial charge in [0.25, 0.3) is 0 Å². The number of aliphatic hydroxyl groups excluding tert-OH is 1. The summed E-state index contributed by atoms with van der Waals surface area (Å²) in [6.07, 6.45) is 2.53. The molecule has 1 rings (SSSR count). The third kappa shape index (κ3) is 5.84. The van der Waals surface area contributed by atoms with Gasteiger partial charge < -0.3 is 10.4 Å². The van der Waals surface area contributed by atoms with Gasteiger partial charge in [-0.3, -0.25) is 4.90 Å². The molecule has 102 valence electrons. The van der Waals surface area contributed by atoms with Crippen LogP contribution in [0, 0.1) is 11.3 Å². The summed E-state index contributed by atoms with van der Waals surface area (Å²) in [5.74, 6) is 0.785. The van der Waals surface area contributed by atoms with Crippen molar-refractivity contribution in [1.29, 1.82) is 0 Å². The molecule has 0 aromatic carbocycles. The largest absolute Gasteiger partial charge is 0.395 e. The number of rotatable bonds is 5. The average molecular weight is 242 g/mol. The van der Waals surface area contributed by atoms with Crippen molar-refractivity contribution in [2.45, 2.75) is 46.6 Å². The number of aliphatic hydroxyl groups is 1. The minimum atomic E-state index is 0.280. The predicted molar refractivity (Wildman–Crippen MR) is 73.2 cm³/mol. The van der Waals surface area contributed by atoms with Crippen LogP contribution in [0.5, 0.6) is 0 Å². The summed E-state index contributed by atoms with van der Waals surface area (Å²) in [6.45, 7) is 13.5. The van der Waals surface area contributed by atoms with Gasteiger partial charge in [0, 0.05) is 32.2 Å². The van der Waals surface area contributed by atoms with Gasteiger partial charge in [0.2, 0.25) is 0 Å². The van der Waals surface area contributed by atoms with E-state index in [0.29, 0.717) is 11.5 Å². The molecule has 0 spiro atoms. The molecule has 2 N–H and O–H groups in total. The van der Waals surface area contributed by atoms with E-state index >= 15 is 0 Å². The molecule has 0 amide bonds.